The summed E-state index contributed by atoms with van der Waals surface area (Å²) in [4.78, 5) is 23.3. The van der Waals surface area contributed by atoms with E-state index in [4.69, 9.17) is 4.74 Å². The maximum Gasteiger partial charge on any atom is 0.330 e. The highest BCUT2D eigenvalue weighted by atomic mass is 16.5. The van der Waals surface area contributed by atoms with Crippen molar-refractivity contribution in [1.82, 2.24) is 5.32 Å². The molecule has 0 aliphatic carbocycles. The van der Waals surface area contributed by atoms with Crippen molar-refractivity contribution >= 4 is 11.9 Å². The molecule has 0 aliphatic heterocycles. The summed E-state index contributed by atoms with van der Waals surface area (Å²) < 4.78 is 5.07. The van der Waals surface area contributed by atoms with Gasteiger partial charge in [0, 0.05) is 13.5 Å². The van der Waals surface area contributed by atoms with Crippen LogP contribution in [0.1, 0.15) is 42.5 Å². The van der Waals surface area contributed by atoms with Gasteiger partial charge in [0.1, 0.15) is 0 Å². The second-order valence-corrected chi connectivity index (χ2v) is 5.34. The Morgan fingerprint density at radius 1 is 1.24 bits per heavy atom. The zero-order valence-corrected chi connectivity index (χ0v) is 13.0. The molecular weight excluding hydrogens is 270 g/mol. The summed E-state index contributed by atoms with van der Waals surface area (Å²) in [7, 11) is 1.58. The lowest BCUT2D eigenvalue weighted by Gasteiger charge is -2.17. The van der Waals surface area contributed by atoms with Crippen LogP contribution in [0.3, 0.4) is 0 Å². The van der Waals surface area contributed by atoms with Gasteiger partial charge in [-0.2, -0.15) is 0 Å². The maximum absolute atomic E-state index is 11.9. The number of methoxy groups -OCH3 is 1. The molecule has 0 aliphatic rings. The van der Waals surface area contributed by atoms with E-state index >= 15 is 0 Å². The van der Waals surface area contributed by atoms with Gasteiger partial charge in [0.25, 0.3) is 0 Å². The van der Waals surface area contributed by atoms with E-state index in [1.165, 1.54) is 0 Å². The molecule has 0 bridgehead atoms. The van der Waals surface area contributed by atoms with E-state index in [-0.39, 0.29) is 18.4 Å². The number of carbonyl (C=O) groups is 2. The van der Waals surface area contributed by atoms with Gasteiger partial charge in [-0.3, -0.25) is 4.79 Å². The molecule has 2 atom stereocenters. The second-order valence-electron chi connectivity index (χ2n) is 5.34. The fourth-order valence-corrected chi connectivity index (χ4v) is 2.15. The van der Waals surface area contributed by atoms with Crippen molar-refractivity contribution in [3.05, 3.63) is 34.9 Å². The van der Waals surface area contributed by atoms with Gasteiger partial charge < -0.3 is 15.2 Å². The molecule has 2 N–H and O–H groups in total. The number of rotatable bonds is 7. The predicted octanol–water partition coefficient (Wildman–Crippen LogP) is 2.36. The minimum Gasteiger partial charge on any atom is -0.479 e. The first-order chi connectivity index (χ1) is 9.83. The number of carbonyl (C=O) groups excluding carboxylic acids is 1. The summed E-state index contributed by atoms with van der Waals surface area (Å²) >= 11 is 0. The van der Waals surface area contributed by atoms with Gasteiger partial charge in [-0.05, 0) is 32.8 Å². The standard InChI is InChI=1S/C16H23NO4/c1-10-7-11(2)9-13(8-10)15(16(19)20)17-14(18)6-5-12(3)21-4/h7-9,12,15H,5-6H2,1-4H3,(H,17,18)(H,19,20). The molecule has 0 fully saturated rings. The van der Waals surface area contributed by atoms with E-state index in [1.54, 1.807) is 19.2 Å². The first kappa shape index (κ1) is 17.2. The lowest BCUT2D eigenvalue weighted by Crippen LogP contribution is -2.34. The van der Waals surface area contributed by atoms with Crippen LogP contribution in [0.4, 0.5) is 0 Å². The van der Waals surface area contributed by atoms with E-state index < -0.39 is 12.0 Å². The molecule has 5 heteroatoms. The van der Waals surface area contributed by atoms with Crippen molar-refractivity contribution in [2.75, 3.05) is 7.11 Å². The van der Waals surface area contributed by atoms with Crippen LogP contribution in [0, 0.1) is 13.8 Å². The van der Waals surface area contributed by atoms with Crippen molar-refractivity contribution in [2.24, 2.45) is 0 Å². The number of hydrogen-bond donors (Lipinski definition) is 2. The molecule has 21 heavy (non-hydrogen) atoms. The predicted molar refractivity (Wildman–Crippen MR) is 80.1 cm³/mol. The number of ether oxygens (including phenoxy) is 1. The number of aliphatic carboxylic acids is 1. The molecule has 0 radical (unpaired) electrons. The van der Waals surface area contributed by atoms with Crippen LogP contribution in [-0.4, -0.2) is 30.2 Å². The maximum atomic E-state index is 11.9. The summed E-state index contributed by atoms with van der Waals surface area (Å²) in [5, 5.41) is 11.9. The van der Waals surface area contributed by atoms with Gasteiger partial charge in [-0.1, -0.05) is 29.3 Å². The SMILES string of the molecule is COC(C)CCC(=O)NC(C(=O)O)c1cc(C)cc(C)c1. The average molecular weight is 293 g/mol. The Balaban J connectivity index is 2.78. The van der Waals surface area contributed by atoms with Crippen LogP contribution >= 0.6 is 0 Å². The highest BCUT2D eigenvalue weighted by Gasteiger charge is 2.22. The van der Waals surface area contributed by atoms with Crippen LogP contribution in [-0.2, 0) is 14.3 Å². The third-order valence-electron chi connectivity index (χ3n) is 3.31. The molecule has 2 unspecified atom stereocenters. The second kappa shape index (κ2) is 7.78. The minimum atomic E-state index is -1.06. The van der Waals surface area contributed by atoms with Gasteiger partial charge in [0.2, 0.25) is 5.91 Å². The van der Waals surface area contributed by atoms with Crippen LogP contribution in [0.25, 0.3) is 0 Å². The molecule has 1 aromatic rings. The molecular formula is C16H23NO4. The third kappa shape index (κ3) is 5.55. The highest BCUT2D eigenvalue weighted by Crippen LogP contribution is 2.18. The van der Waals surface area contributed by atoms with E-state index in [1.807, 2.05) is 26.8 Å². The third-order valence-corrected chi connectivity index (χ3v) is 3.31. The Morgan fingerprint density at radius 2 is 1.81 bits per heavy atom. The topological polar surface area (TPSA) is 75.6 Å². The van der Waals surface area contributed by atoms with Crippen LogP contribution < -0.4 is 5.32 Å². The van der Waals surface area contributed by atoms with Gasteiger partial charge in [-0.15, -0.1) is 0 Å². The first-order valence-corrected chi connectivity index (χ1v) is 6.96. The first-order valence-electron chi connectivity index (χ1n) is 6.96. The number of benzene rings is 1. The lowest BCUT2D eigenvalue weighted by atomic mass is 10.0. The largest absolute Gasteiger partial charge is 0.479 e. The molecule has 1 rings (SSSR count). The van der Waals surface area contributed by atoms with Crippen molar-refractivity contribution < 1.29 is 19.4 Å². The molecule has 0 aromatic heterocycles. The van der Waals surface area contributed by atoms with Crippen molar-refractivity contribution in [1.29, 1.82) is 0 Å². The number of carboxylic acid groups (broad SMARTS) is 1. The van der Waals surface area contributed by atoms with Crippen molar-refractivity contribution in [3.63, 3.8) is 0 Å². The van der Waals surface area contributed by atoms with Crippen LogP contribution in [0.15, 0.2) is 18.2 Å². The Bertz CT molecular complexity index is 493. The van der Waals surface area contributed by atoms with Gasteiger partial charge in [0.15, 0.2) is 6.04 Å². The fourth-order valence-electron chi connectivity index (χ4n) is 2.15. The number of nitrogens with one attached hydrogen (secondary N) is 1. The quantitative estimate of drug-likeness (QED) is 0.809. The monoisotopic (exact) mass is 293 g/mol. The van der Waals surface area contributed by atoms with E-state index in [2.05, 4.69) is 5.32 Å². The zero-order chi connectivity index (χ0) is 16.0. The summed E-state index contributed by atoms with van der Waals surface area (Å²) in [5.74, 6) is -1.35. The van der Waals surface area contributed by atoms with Gasteiger partial charge >= 0.3 is 5.97 Å². The van der Waals surface area contributed by atoms with Crippen LogP contribution in [0.2, 0.25) is 0 Å². The smallest absolute Gasteiger partial charge is 0.330 e. The number of amides is 1. The lowest BCUT2D eigenvalue weighted by molar-refractivity contribution is -0.142. The summed E-state index contributed by atoms with van der Waals surface area (Å²) in [6.45, 7) is 5.67. The average Bonchev–Trinajstić information content (AvgIpc) is 2.40. The molecule has 0 saturated heterocycles. The number of carboxylic acids is 1. The zero-order valence-electron chi connectivity index (χ0n) is 13.0. The summed E-state index contributed by atoms with van der Waals surface area (Å²) in [6, 6.07) is 4.51. The molecule has 116 valence electrons. The summed E-state index contributed by atoms with van der Waals surface area (Å²) in [5.41, 5.74) is 2.53. The Kier molecular flexibility index (Phi) is 6.37. The van der Waals surface area contributed by atoms with Crippen molar-refractivity contribution in [3.8, 4) is 0 Å². The Hall–Kier alpha value is -1.88. The Morgan fingerprint density at radius 3 is 2.29 bits per heavy atom. The van der Waals surface area contributed by atoms with E-state index in [0.717, 1.165) is 11.1 Å². The number of aryl methyl sites for hydroxylation is 2. The highest BCUT2D eigenvalue weighted by molar-refractivity contribution is 5.84. The normalized spacial score (nSPS) is 13.5. The molecule has 0 heterocycles. The Labute approximate surface area is 125 Å². The van der Waals surface area contributed by atoms with Gasteiger partial charge in [0.05, 0.1) is 6.10 Å². The molecule has 0 spiro atoms. The number of hydrogen-bond acceptors (Lipinski definition) is 3. The van der Waals surface area contributed by atoms with Gasteiger partial charge in [-0.25, -0.2) is 4.79 Å². The molecule has 1 aromatic carbocycles. The fraction of sp³-hybridized carbons (Fsp3) is 0.500. The molecule has 0 saturated carbocycles. The molecule has 1 amide bonds. The van der Waals surface area contributed by atoms with E-state index in [9.17, 15) is 14.7 Å². The molecule has 5 nitrogen and oxygen atoms in total. The summed E-state index contributed by atoms with van der Waals surface area (Å²) in [6.07, 6.45) is 0.769. The minimum absolute atomic E-state index is 0.0276. The van der Waals surface area contributed by atoms with E-state index in [0.29, 0.717) is 12.0 Å². The van der Waals surface area contributed by atoms with Crippen LogP contribution in [0.5, 0.6) is 0 Å². The van der Waals surface area contributed by atoms with Crippen molar-refractivity contribution in [2.45, 2.75) is 45.8 Å².